The second-order valence-electron chi connectivity index (χ2n) is 6.02. The first-order chi connectivity index (χ1) is 8.53. The zero-order valence-electron chi connectivity index (χ0n) is 11.0. The lowest BCUT2D eigenvalue weighted by Gasteiger charge is -2.15. The van der Waals surface area contributed by atoms with Crippen molar-refractivity contribution in [1.82, 2.24) is 15.0 Å². The van der Waals surface area contributed by atoms with Crippen LogP contribution in [0.25, 0.3) is 11.3 Å². The highest BCUT2D eigenvalue weighted by atomic mass is 15.0. The lowest BCUT2D eigenvalue weighted by Crippen LogP contribution is -2.10. The van der Waals surface area contributed by atoms with Gasteiger partial charge in [0, 0.05) is 18.2 Å². The van der Waals surface area contributed by atoms with Crippen molar-refractivity contribution < 1.29 is 0 Å². The first-order valence-corrected chi connectivity index (χ1v) is 6.29. The van der Waals surface area contributed by atoms with Crippen LogP contribution >= 0.6 is 0 Å². The van der Waals surface area contributed by atoms with Gasteiger partial charge >= 0.3 is 0 Å². The van der Waals surface area contributed by atoms with Gasteiger partial charge in [0.2, 0.25) is 0 Å². The molecule has 0 unspecified atom stereocenters. The summed E-state index contributed by atoms with van der Waals surface area (Å²) in [5.74, 6) is 1.07. The van der Waals surface area contributed by atoms with E-state index >= 15 is 0 Å². The summed E-state index contributed by atoms with van der Waals surface area (Å²) < 4.78 is 0. The van der Waals surface area contributed by atoms with E-state index in [1.807, 2.05) is 18.5 Å². The fraction of sp³-hybridized carbons (Fsp3) is 0.429. The van der Waals surface area contributed by atoms with Crippen molar-refractivity contribution in [1.29, 1.82) is 0 Å². The Morgan fingerprint density at radius 2 is 2.17 bits per heavy atom. The minimum absolute atomic E-state index is 0.245. The van der Waals surface area contributed by atoms with Crippen molar-refractivity contribution in [2.45, 2.75) is 33.7 Å². The van der Waals surface area contributed by atoms with Crippen LogP contribution in [-0.4, -0.2) is 15.0 Å². The highest BCUT2D eigenvalue weighted by molar-refractivity contribution is 5.78. The average molecular weight is 242 g/mol. The molecular formula is C14H18N4. The Kier molecular flexibility index (Phi) is 2.40. The van der Waals surface area contributed by atoms with Crippen LogP contribution in [0.3, 0.4) is 0 Å². The van der Waals surface area contributed by atoms with Gasteiger partial charge in [0.15, 0.2) is 0 Å². The van der Waals surface area contributed by atoms with Gasteiger partial charge in [-0.1, -0.05) is 20.8 Å². The van der Waals surface area contributed by atoms with Gasteiger partial charge < -0.3 is 10.3 Å². The number of aromatic nitrogens is 3. The summed E-state index contributed by atoms with van der Waals surface area (Å²) in [6.45, 7) is 7.48. The summed E-state index contributed by atoms with van der Waals surface area (Å²) in [6, 6.07) is 2.02. The predicted octanol–water partition coefficient (Wildman–Crippen LogP) is 2.99. The first kappa shape index (κ1) is 11.3. The number of aromatic amines is 1. The van der Waals surface area contributed by atoms with E-state index in [2.05, 4.69) is 36.1 Å². The molecule has 2 N–H and O–H groups in total. The second-order valence-corrected chi connectivity index (χ2v) is 6.02. The van der Waals surface area contributed by atoms with Crippen LogP contribution < -0.4 is 5.32 Å². The zero-order chi connectivity index (χ0) is 12.8. The normalized spacial score (nSPS) is 13.7. The van der Waals surface area contributed by atoms with Gasteiger partial charge in [-0.05, 0) is 11.5 Å². The molecule has 1 aliphatic rings. The molecule has 2 aromatic rings. The van der Waals surface area contributed by atoms with Crippen LogP contribution in [0.5, 0.6) is 0 Å². The smallest absolute Gasteiger partial charge is 0.107 e. The SMILES string of the molecule is CC(C)(C)Cc1nc2c([nH]1)CNc1cnccc1-2. The van der Waals surface area contributed by atoms with Gasteiger partial charge in [-0.25, -0.2) is 4.98 Å². The van der Waals surface area contributed by atoms with Crippen molar-refractivity contribution in [3.63, 3.8) is 0 Å². The van der Waals surface area contributed by atoms with Crippen molar-refractivity contribution in [2.24, 2.45) is 5.41 Å². The number of hydrogen-bond donors (Lipinski definition) is 2. The highest BCUT2D eigenvalue weighted by Gasteiger charge is 2.21. The number of nitrogens with zero attached hydrogens (tertiary/aromatic N) is 2. The zero-order valence-corrected chi connectivity index (χ0v) is 11.0. The van der Waals surface area contributed by atoms with Crippen LogP contribution in [0, 0.1) is 5.41 Å². The van der Waals surface area contributed by atoms with Crippen LogP contribution in [0.1, 0.15) is 32.3 Å². The third kappa shape index (κ3) is 1.98. The van der Waals surface area contributed by atoms with E-state index in [1.165, 1.54) is 5.69 Å². The molecule has 0 radical (unpaired) electrons. The number of H-pyrrole nitrogens is 1. The molecule has 0 fully saturated rings. The summed E-state index contributed by atoms with van der Waals surface area (Å²) in [7, 11) is 0. The molecule has 4 heteroatoms. The quantitative estimate of drug-likeness (QED) is 0.808. The van der Waals surface area contributed by atoms with Crippen molar-refractivity contribution in [2.75, 3.05) is 5.32 Å². The lowest BCUT2D eigenvalue weighted by atomic mass is 9.92. The molecule has 0 bridgehead atoms. The molecule has 18 heavy (non-hydrogen) atoms. The molecule has 0 saturated heterocycles. The molecule has 4 nitrogen and oxygen atoms in total. The van der Waals surface area contributed by atoms with Gasteiger partial charge in [0.05, 0.1) is 29.8 Å². The molecule has 2 aromatic heterocycles. The van der Waals surface area contributed by atoms with E-state index in [0.717, 1.165) is 35.7 Å². The van der Waals surface area contributed by atoms with Crippen LogP contribution in [0.15, 0.2) is 18.5 Å². The van der Waals surface area contributed by atoms with E-state index in [4.69, 9.17) is 4.98 Å². The number of nitrogens with one attached hydrogen (secondary N) is 2. The Morgan fingerprint density at radius 1 is 1.33 bits per heavy atom. The molecule has 0 amide bonds. The van der Waals surface area contributed by atoms with Crippen molar-refractivity contribution in [3.05, 3.63) is 30.0 Å². The number of fused-ring (bicyclic) bond motifs is 3. The summed E-state index contributed by atoms with van der Waals surface area (Å²) >= 11 is 0. The van der Waals surface area contributed by atoms with E-state index in [0.29, 0.717) is 0 Å². The Bertz CT molecular complexity index is 578. The third-order valence-electron chi connectivity index (χ3n) is 3.06. The van der Waals surface area contributed by atoms with Crippen LogP contribution in [-0.2, 0) is 13.0 Å². The minimum Gasteiger partial charge on any atom is -0.378 e. The lowest BCUT2D eigenvalue weighted by molar-refractivity contribution is 0.402. The van der Waals surface area contributed by atoms with E-state index in [1.54, 1.807) is 0 Å². The molecule has 94 valence electrons. The standard InChI is InChI=1S/C14H18N4/c1-14(2,3)6-12-17-11-8-16-10-7-15-5-4-9(10)13(11)18-12/h4-5,7,16H,6,8H2,1-3H3,(H,17,18). The Labute approximate surface area is 107 Å². The van der Waals surface area contributed by atoms with E-state index in [-0.39, 0.29) is 5.41 Å². The summed E-state index contributed by atoms with van der Waals surface area (Å²) in [5.41, 5.74) is 4.70. The molecule has 3 heterocycles. The fourth-order valence-corrected chi connectivity index (χ4v) is 2.33. The van der Waals surface area contributed by atoms with Gasteiger partial charge in [0.25, 0.3) is 0 Å². The average Bonchev–Trinajstić information content (AvgIpc) is 2.69. The molecule has 0 saturated carbocycles. The van der Waals surface area contributed by atoms with Crippen molar-refractivity contribution in [3.8, 4) is 11.3 Å². The number of hydrogen-bond acceptors (Lipinski definition) is 3. The minimum atomic E-state index is 0.245. The maximum atomic E-state index is 4.75. The first-order valence-electron chi connectivity index (χ1n) is 6.29. The van der Waals surface area contributed by atoms with E-state index in [9.17, 15) is 0 Å². The van der Waals surface area contributed by atoms with Gasteiger partial charge in [0.1, 0.15) is 5.82 Å². The summed E-state index contributed by atoms with van der Waals surface area (Å²) in [5, 5.41) is 3.36. The largest absolute Gasteiger partial charge is 0.378 e. The molecule has 0 spiro atoms. The summed E-state index contributed by atoms with van der Waals surface area (Å²) in [6.07, 6.45) is 4.63. The predicted molar refractivity (Wildman–Crippen MR) is 72.3 cm³/mol. The second kappa shape index (κ2) is 3.83. The summed E-state index contributed by atoms with van der Waals surface area (Å²) in [4.78, 5) is 12.3. The number of pyridine rings is 1. The van der Waals surface area contributed by atoms with Gasteiger partial charge in [-0.2, -0.15) is 0 Å². The monoisotopic (exact) mass is 242 g/mol. The Hall–Kier alpha value is -1.84. The Balaban J connectivity index is 2.02. The van der Waals surface area contributed by atoms with Crippen molar-refractivity contribution >= 4 is 5.69 Å². The van der Waals surface area contributed by atoms with Crippen LogP contribution in [0.2, 0.25) is 0 Å². The molecule has 0 atom stereocenters. The molecule has 0 aromatic carbocycles. The van der Waals surface area contributed by atoms with Gasteiger partial charge in [-0.3, -0.25) is 4.98 Å². The molecular weight excluding hydrogens is 224 g/mol. The maximum absolute atomic E-state index is 4.75. The number of rotatable bonds is 1. The molecule has 3 rings (SSSR count). The molecule has 1 aliphatic heterocycles. The van der Waals surface area contributed by atoms with E-state index < -0.39 is 0 Å². The fourth-order valence-electron chi connectivity index (χ4n) is 2.33. The Morgan fingerprint density at radius 3 is 2.94 bits per heavy atom. The number of imidazole rings is 1. The number of anilines is 1. The topological polar surface area (TPSA) is 53.6 Å². The van der Waals surface area contributed by atoms with Crippen LogP contribution in [0.4, 0.5) is 5.69 Å². The maximum Gasteiger partial charge on any atom is 0.107 e. The third-order valence-corrected chi connectivity index (χ3v) is 3.06. The molecule has 0 aliphatic carbocycles. The highest BCUT2D eigenvalue weighted by Crippen LogP contribution is 2.33. The van der Waals surface area contributed by atoms with Gasteiger partial charge in [-0.15, -0.1) is 0 Å².